The first-order chi connectivity index (χ1) is 52.5. The van der Waals surface area contributed by atoms with Crippen LogP contribution in [0.25, 0.3) is 154 Å². The zero-order valence-electron chi connectivity index (χ0n) is 57.0. The second kappa shape index (κ2) is 23.9. The van der Waals surface area contributed by atoms with E-state index < -0.39 is 0 Å². The topological polar surface area (TPSA) is 99.6 Å². The Labute approximate surface area is 608 Å². The largest absolute Gasteiger partial charge is 0.310 e. The monoisotopic (exact) mass is 1350 g/mol. The van der Waals surface area contributed by atoms with E-state index in [-0.39, 0.29) is 0 Å². The number of hydrogen-bond acceptors (Lipinski definition) is 6. The van der Waals surface area contributed by atoms with Crippen molar-refractivity contribution in [2.24, 2.45) is 0 Å². The fourth-order valence-electron chi connectivity index (χ4n) is 16.9. The first kappa shape index (κ1) is 60.0. The van der Waals surface area contributed by atoms with Crippen LogP contribution in [0.3, 0.4) is 0 Å². The number of para-hydroxylation sites is 8. The summed E-state index contributed by atoms with van der Waals surface area (Å²) >= 11 is 0. The minimum absolute atomic E-state index is 0.315. The molecule has 0 bridgehead atoms. The molecule has 492 valence electrons. The third-order valence-corrected chi connectivity index (χ3v) is 21.4. The molecule has 0 saturated carbocycles. The fourth-order valence-corrected chi connectivity index (χ4v) is 16.9. The molecular formula is C96H58N10. The van der Waals surface area contributed by atoms with Gasteiger partial charge in [-0.05, 0) is 186 Å². The van der Waals surface area contributed by atoms with E-state index in [0.29, 0.717) is 11.1 Å². The number of anilines is 6. The number of benzene rings is 16. The summed E-state index contributed by atoms with van der Waals surface area (Å²) in [5.41, 5.74) is 22.9. The van der Waals surface area contributed by atoms with Gasteiger partial charge < -0.3 is 28.1 Å². The second-order valence-electron chi connectivity index (χ2n) is 27.1. The van der Waals surface area contributed by atoms with Crippen LogP contribution >= 0.6 is 0 Å². The van der Waals surface area contributed by atoms with Gasteiger partial charge in [-0.1, -0.05) is 176 Å². The standard InChI is InChI=1S/C96H58N10/c97-59-63-53-93(105-87-36-17-10-29-73(87)74-30-11-18-37-88(74)105)94(54-64(63)60-98)106-89-38-19-14-31-75(89)82-52-62(39-46-92(82)106)61-21-20-28-68(51-61)102(67-26-8-3-9-27-67)70-43-48-91-84(58-70)77-33-13-16-35-86(77)104(91)72-41-45-79-81(56-72)80-55-71(40-44-78(80)95-96(79)100-50-49-99-95)103-85-34-15-12-32-76(85)83-57-69(42-47-90(83)103)101(65-22-4-1-5-23-65)66-24-6-2-7-25-66/h1-58H. The Hall–Kier alpha value is -14.8. The molecule has 16 aromatic carbocycles. The Kier molecular flexibility index (Phi) is 13.5. The average molecular weight is 1350 g/mol. The van der Waals surface area contributed by atoms with Gasteiger partial charge in [0.25, 0.3) is 0 Å². The van der Waals surface area contributed by atoms with Gasteiger partial charge in [0.15, 0.2) is 0 Å². The summed E-state index contributed by atoms with van der Waals surface area (Å²) < 4.78 is 9.33. The van der Waals surface area contributed by atoms with E-state index in [4.69, 9.17) is 9.97 Å². The molecule has 0 aliphatic heterocycles. The van der Waals surface area contributed by atoms with Crippen molar-refractivity contribution < 1.29 is 0 Å². The Morgan fingerprint density at radius 2 is 0.557 bits per heavy atom. The molecule has 5 aromatic heterocycles. The molecule has 0 atom stereocenters. The molecule has 0 amide bonds. The van der Waals surface area contributed by atoms with Gasteiger partial charge in [0.2, 0.25) is 0 Å². The molecule has 0 spiro atoms. The summed E-state index contributed by atoms with van der Waals surface area (Å²) in [6.45, 7) is 0. The van der Waals surface area contributed by atoms with Crippen molar-refractivity contribution in [1.82, 2.24) is 28.2 Å². The summed E-state index contributed by atoms with van der Waals surface area (Å²) in [7, 11) is 0. The van der Waals surface area contributed by atoms with Gasteiger partial charge in [0.1, 0.15) is 12.1 Å². The maximum Gasteiger partial charge on any atom is 0.101 e. The minimum Gasteiger partial charge on any atom is -0.310 e. The van der Waals surface area contributed by atoms with Crippen LogP contribution in [0.4, 0.5) is 34.1 Å². The van der Waals surface area contributed by atoms with Crippen molar-refractivity contribution in [3.8, 4) is 46.0 Å². The fraction of sp³-hybridized carbons (Fsp3) is 0. The molecule has 0 fully saturated rings. The highest BCUT2D eigenvalue weighted by molar-refractivity contribution is 6.24. The molecule has 0 aliphatic rings. The van der Waals surface area contributed by atoms with Crippen molar-refractivity contribution in [2.75, 3.05) is 9.80 Å². The molecule has 10 heteroatoms. The highest BCUT2D eigenvalue weighted by Gasteiger charge is 2.26. The van der Waals surface area contributed by atoms with Crippen LogP contribution < -0.4 is 9.80 Å². The van der Waals surface area contributed by atoms with Gasteiger partial charge >= 0.3 is 0 Å². The van der Waals surface area contributed by atoms with Crippen molar-refractivity contribution in [3.63, 3.8) is 0 Å². The zero-order chi connectivity index (χ0) is 70.1. The van der Waals surface area contributed by atoms with Crippen LogP contribution in [0, 0.1) is 22.7 Å². The van der Waals surface area contributed by atoms with E-state index in [0.717, 1.165) is 182 Å². The average Bonchev–Trinajstić information content (AvgIpc) is 1.46. The maximum absolute atomic E-state index is 10.6. The lowest BCUT2D eigenvalue weighted by molar-refractivity contribution is 1.09. The molecule has 21 aromatic rings. The van der Waals surface area contributed by atoms with Crippen LogP contribution in [0.1, 0.15) is 11.1 Å². The minimum atomic E-state index is 0.315. The van der Waals surface area contributed by atoms with Crippen molar-refractivity contribution in [2.45, 2.75) is 0 Å². The van der Waals surface area contributed by atoms with Gasteiger partial charge in [0, 0.05) is 112 Å². The summed E-state index contributed by atoms with van der Waals surface area (Å²) in [6.07, 6.45) is 3.60. The molecular weight excluding hydrogens is 1290 g/mol. The highest BCUT2D eigenvalue weighted by atomic mass is 15.2. The number of hydrogen-bond donors (Lipinski definition) is 0. The van der Waals surface area contributed by atoms with E-state index in [1.165, 1.54) is 5.39 Å². The van der Waals surface area contributed by atoms with Crippen molar-refractivity contribution in [1.29, 1.82) is 10.5 Å². The maximum atomic E-state index is 10.6. The number of nitrogens with zero attached hydrogens (tertiary/aromatic N) is 10. The van der Waals surface area contributed by atoms with Crippen molar-refractivity contribution >= 4 is 154 Å². The van der Waals surface area contributed by atoms with Gasteiger partial charge in [-0.3, -0.25) is 9.97 Å². The quantitative estimate of drug-likeness (QED) is 0.120. The Balaban J connectivity index is 0.688. The molecule has 21 rings (SSSR count). The lowest BCUT2D eigenvalue weighted by atomic mass is 9.98. The first-order valence-electron chi connectivity index (χ1n) is 35.6. The number of aromatic nitrogens is 6. The lowest BCUT2D eigenvalue weighted by Gasteiger charge is -2.26. The van der Waals surface area contributed by atoms with Crippen LogP contribution in [0.2, 0.25) is 0 Å². The smallest absolute Gasteiger partial charge is 0.101 e. The molecule has 0 saturated heterocycles. The van der Waals surface area contributed by atoms with E-state index in [2.05, 4.69) is 368 Å². The van der Waals surface area contributed by atoms with E-state index in [1.807, 2.05) is 12.1 Å². The van der Waals surface area contributed by atoms with Crippen LogP contribution in [0.15, 0.2) is 352 Å². The number of rotatable bonds is 11. The van der Waals surface area contributed by atoms with Gasteiger partial charge in [-0.25, -0.2) is 0 Å². The third kappa shape index (κ3) is 9.22. The number of nitriles is 2. The van der Waals surface area contributed by atoms with E-state index in [1.54, 1.807) is 12.4 Å². The Morgan fingerprint density at radius 3 is 0.991 bits per heavy atom. The summed E-state index contributed by atoms with van der Waals surface area (Å²) in [5, 5.41) is 34.4. The van der Waals surface area contributed by atoms with Gasteiger partial charge in [-0.2, -0.15) is 10.5 Å². The zero-order valence-corrected chi connectivity index (χ0v) is 57.0. The number of fused-ring (bicyclic) bond motifs is 18. The lowest BCUT2D eigenvalue weighted by Crippen LogP contribution is -2.10. The second-order valence-corrected chi connectivity index (χ2v) is 27.1. The molecule has 0 aliphatic carbocycles. The molecule has 5 heterocycles. The SMILES string of the molecule is N#Cc1cc(-n2c3ccccc3c3ccccc32)c(-n2c3ccccc3c3cc(-c4cccc(N(c5ccccc5)c5ccc6c(c5)c5ccccc5n6-c5ccc6c(c5)c5cc(-n7c8ccccc8c8cc(N(c9ccccc9)c9ccccc9)ccc87)ccc5c5nccnc65)c4)ccc32)cc1C#N. The van der Waals surface area contributed by atoms with Gasteiger partial charge in [-0.15, -0.1) is 0 Å². The Bertz CT molecular complexity index is 7220. The highest BCUT2D eigenvalue weighted by Crippen LogP contribution is 2.47. The first-order valence-corrected chi connectivity index (χ1v) is 35.6. The predicted octanol–water partition coefficient (Wildman–Crippen LogP) is 24.7. The summed E-state index contributed by atoms with van der Waals surface area (Å²) in [6, 6.07) is 126. The van der Waals surface area contributed by atoms with Crippen LogP contribution in [-0.2, 0) is 0 Å². The predicted molar refractivity (Wildman–Crippen MR) is 436 cm³/mol. The molecule has 0 N–H and O–H groups in total. The molecule has 106 heavy (non-hydrogen) atoms. The van der Waals surface area contributed by atoms with E-state index in [9.17, 15) is 10.5 Å². The van der Waals surface area contributed by atoms with Crippen molar-refractivity contribution in [3.05, 3.63) is 363 Å². The van der Waals surface area contributed by atoms with Gasteiger partial charge in [0.05, 0.1) is 77.7 Å². The normalized spacial score (nSPS) is 11.8. The Morgan fingerprint density at radius 1 is 0.226 bits per heavy atom. The summed E-state index contributed by atoms with van der Waals surface area (Å²) in [5.74, 6) is 0. The third-order valence-electron chi connectivity index (χ3n) is 21.4. The van der Waals surface area contributed by atoms with E-state index >= 15 is 0 Å². The molecule has 0 radical (unpaired) electrons. The molecule has 0 unspecified atom stereocenters. The van der Waals surface area contributed by atoms with Crippen LogP contribution in [0.5, 0.6) is 0 Å². The summed E-state index contributed by atoms with van der Waals surface area (Å²) in [4.78, 5) is 14.8. The van der Waals surface area contributed by atoms with Crippen LogP contribution in [-0.4, -0.2) is 28.2 Å². The molecule has 10 nitrogen and oxygen atoms in total.